The minimum atomic E-state index is -0.120. The second kappa shape index (κ2) is 5.17. The average molecular weight is 266 g/mol. The van der Waals surface area contributed by atoms with Crippen LogP contribution in [0.4, 0.5) is 0 Å². The number of nitrogens with zero attached hydrogens (tertiary/aromatic N) is 1. The van der Waals surface area contributed by atoms with Crippen molar-refractivity contribution in [2.24, 2.45) is 5.10 Å². The van der Waals surface area contributed by atoms with E-state index in [1.54, 1.807) is 7.11 Å². The highest BCUT2D eigenvalue weighted by molar-refractivity contribution is 6.15. The van der Waals surface area contributed by atoms with E-state index < -0.39 is 0 Å². The van der Waals surface area contributed by atoms with Crippen LogP contribution in [0, 0.1) is 0 Å². The summed E-state index contributed by atoms with van der Waals surface area (Å²) >= 11 is 0. The van der Waals surface area contributed by atoms with E-state index in [9.17, 15) is 4.79 Å². The zero-order valence-electron chi connectivity index (χ0n) is 11.1. The highest BCUT2D eigenvalue weighted by Gasteiger charge is 2.18. The number of carbonyl (C=O) groups excluding carboxylic acids is 1. The van der Waals surface area contributed by atoms with Crippen LogP contribution in [-0.4, -0.2) is 18.7 Å². The molecular weight excluding hydrogens is 252 g/mol. The van der Waals surface area contributed by atoms with Crippen LogP contribution in [0.15, 0.2) is 53.6 Å². The summed E-state index contributed by atoms with van der Waals surface area (Å²) in [7, 11) is 1.62. The molecule has 1 aliphatic rings. The number of hydrogen-bond acceptors (Lipinski definition) is 3. The van der Waals surface area contributed by atoms with Crippen molar-refractivity contribution in [1.29, 1.82) is 0 Å². The molecule has 2 aromatic carbocycles. The van der Waals surface area contributed by atoms with Gasteiger partial charge in [-0.25, -0.2) is 5.43 Å². The molecule has 4 nitrogen and oxygen atoms in total. The predicted molar refractivity (Wildman–Crippen MR) is 76.9 cm³/mol. The number of amides is 1. The van der Waals surface area contributed by atoms with Gasteiger partial charge in [0.2, 0.25) is 5.91 Å². The minimum Gasteiger partial charge on any atom is -0.497 e. The third kappa shape index (κ3) is 2.28. The molecule has 0 saturated carbocycles. The van der Waals surface area contributed by atoms with Crippen molar-refractivity contribution in [3.05, 3.63) is 65.2 Å². The molecule has 1 aliphatic heterocycles. The molecule has 0 atom stereocenters. The van der Waals surface area contributed by atoms with Gasteiger partial charge in [-0.2, -0.15) is 5.10 Å². The van der Waals surface area contributed by atoms with E-state index in [1.165, 1.54) is 0 Å². The summed E-state index contributed by atoms with van der Waals surface area (Å²) in [4.78, 5) is 11.8. The van der Waals surface area contributed by atoms with E-state index in [-0.39, 0.29) is 5.91 Å². The van der Waals surface area contributed by atoms with Gasteiger partial charge in [-0.15, -0.1) is 0 Å². The molecule has 1 heterocycles. The molecule has 0 aromatic heterocycles. The summed E-state index contributed by atoms with van der Waals surface area (Å²) in [6.07, 6.45) is 0.298. The normalized spacial score (nSPS) is 13.8. The van der Waals surface area contributed by atoms with Gasteiger partial charge in [-0.1, -0.05) is 30.3 Å². The summed E-state index contributed by atoms with van der Waals surface area (Å²) in [6.45, 7) is 0. The Morgan fingerprint density at radius 2 is 1.95 bits per heavy atom. The van der Waals surface area contributed by atoms with Crippen molar-refractivity contribution in [2.45, 2.75) is 6.42 Å². The second-order valence-electron chi connectivity index (χ2n) is 4.56. The zero-order chi connectivity index (χ0) is 13.9. The molecule has 0 saturated heterocycles. The molecule has 0 fully saturated rings. The Kier molecular flexibility index (Phi) is 3.21. The maximum absolute atomic E-state index is 11.8. The number of rotatable bonds is 2. The lowest BCUT2D eigenvalue weighted by Gasteiger charge is -2.10. The van der Waals surface area contributed by atoms with Gasteiger partial charge >= 0.3 is 0 Å². The molecule has 20 heavy (non-hydrogen) atoms. The molecule has 2 aromatic rings. The van der Waals surface area contributed by atoms with E-state index in [0.29, 0.717) is 6.42 Å². The van der Waals surface area contributed by atoms with Crippen LogP contribution in [0.25, 0.3) is 0 Å². The molecule has 0 radical (unpaired) electrons. The van der Waals surface area contributed by atoms with Gasteiger partial charge in [0, 0.05) is 11.1 Å². The molecule has 3 rings (SSSR count). The standard InChI is InChI=1S/C16H14N2O2/c1-20-13-7-8-14-12(9-13)10-15(19)17-18-16(14)11-5-3-2-4-6-11/h2-9H,10H2,1H3,(H,17,19). The first-order chi connectivity index (χ1) is 9.78. The lowest BCUT2D eigenvalue weighted by molar-refractivity contribution is -0.120. The zero-order valence-corrected chi connectivity index (χ0v) is 11.1. The lowest BCUT2D eigenvalue weighted by atomic mass is 9.96. The SMILES string of the molecule is COc1ccc2c(c1)CC(=O)NN=C2c1ccccc1. The maximum atomic E-state index is 11.8. The second-order valence-corrected chi connectivity index (χ2v) is 4.56. The molecular formula is C16H14N2O2. The quantitative estimate of drug-likeness (QED) is 0.905. The van der Waals surface area contributed by atoms with Gasteiger partial charge in [0.15, 0.2) is 0 Å². The third-order valence-electron chi connectivity index (χ3n) is 3.26. The van der Waals surface area contributed by atoms with Crippen LogP contribution < -0.4 is 10.2 Å². The Hall–Kier alpha value is -2.62. The Bertz CT molecular complexity index is 678. The van der Waals surface area contributed by atoms with Crippen molar-refractivity contribution in [3.8, 4) is 5.75 Å². The van der Waals surface area contributed by atoms with Gasteiger partial charge in [0.1, 0.15) is 5.75 Å². The van der Waals surface area contributed by atoms with Crippen molar-refractivity contribution in [3.63, 3.8) is 0 Å². The van der Waals surface area contributed by atoms with Gasteiger partial charge in [0.25, 0.3) is 0 Å². The monoisotopic (exact) mass is 266 g/mol. The van der Waals surface area contributed by atoms with Crippen molar-refractivity contribution in [1.82, 2.24) is 5.43 Å². The van der Waals surface area contributed by atoms with Gasteiger partial charge < -0.3 is 4.74 Å². The minimum absolute atomic E-state index is 0.120. The average Bonchev–Trinajstić information content (AvgIpc) is 2.65. The topological polar surface area (TPSA) is 50.7 Å². The number of nitrogens with one attached hydrogen (secondary N) is 1. The number of benzene rings is 2. The maximum Gasteiger partial charge on any atom is 0.244 e. The predicted octanol–water partition coefficient (Wildman–Crippen LogP) is 2.12. The largest absolute Gasteiger partial charge is 0.497 e. The molecule has 1 amide bonds. The number of hydrogen-bond donors (Lipinski definition) is 1. The third-order valence-corrected chi connectivity index (χ3v) is 3.26. The van der Waals surface area contributed by atoms with Crippen molar-refractivity contribution >= 4 is 11.6 Å². The molecule has 0 spiro atoms. The molecule has 4 heteroatoms. The first-order valence-electron chi connectivity index (χ1n) is 6.37. The van der Waals surface area contributed by atoms with Crippen molar-refractivity contribution in [2.75, 3.05) is 7.11 Å². The molecule has 0 aliphatic carbocycles. The van der Waals surface area contributed by atoms with Crippen LogP contribution >= 0.6 is 0 Å². The Morgan fingerprint density at radius 1 is 1.15 bits per heavy atom. The fourth-order valence-electron chi connectivity index (χ4n) is 2.28. The number of hydrazone groups is 1. The number of methoxy groups -OCH3 is 1. The van der Waals surface area contributed by atoms with Crippen molar-refractivity contribution < 1.29 is 9.53 Å². The van der Waals surface area contributed by atoms with Crippen LogP contribution in [-0.2, 0) is 11.2 Å². The fourth-order valence-corrected chi connectivity index (χ4v) is 2.28. The summed E-state index contributed by atoms with van der Waals surface area (Å²) in [5.41, 5.74) is 6.20. The molecule has 1 N–H and O–H groups in total. The van der Waals surface area contributed by atoms with Crippen LogP contribution in [0.2, 0.25) is 0 Å². The molecule has 0 bridgehead atoms. The Morgan fingerprint density at radius 3 is 2.70 bits per heavy atom. The number of ether oxygens (including phenoxy) is 1. The van der Waals surface area contributed by atoms with Crippen LogP contribution in [0.1, 0.15) is 16.7 Å². The van der Waals surface area contributed by atoms with E-state index >= 15 is 0 Å². The lowest BCUT2D eigenvalue weighted by Crippen LogP contribution is -2.18. The molecule has 0 unspecified atom stereocenters. The summed E-state index contributed by atoms with van der Waals surface area (Å²) in [5, 5.41) is 4.25. The van der Waals surface area contributed by atoms with Gasteiger partial charge in [-0.05, 0) is 23.8 Å². The van der Waals surface area contributed by atoms with E-state index in [1.807, 2.05) is 48.5 Å². The van der Waals surface area contributed by atoms with Crippen LogP contribution in [0.5, 0.6) is 5.75 Å². The summed E-state index contributed by atoms with van der Waals surface area (Å²) < 4.78 is 5.23. The van der Waals surface area contributed by atoms with E-state index in [2.05, 4.69) is 10.5 Å². The number of fused-ring (bicyclic) bond motifs is 1. The first kappa shape index (κ1) is 12.4. The van der Waals surface area contributed by atoms with Gasteiger partial charge in [-0.3, -0.25) is 4.79 Å². The summed E-state index contributed by atoms with van der Waals surface area (Å²) in [6, 6.07) is 15.5. The molecule has 100 valence electrons. The summed E-state index contributed by atoms with van der Waals surface area (Å²) in [5.74, 6) is 0.622. The van der Waals surface area contributed by atoms with E-state index in [4.69, 9.17) is 4.74 Å². The smallest absolute Gasteiger partial charge is 0.244 e. The Labute approximate surface area is 117 Å². The Balaban J connectivity index is 2.15. The van der Waals surface area contributed by atoms with E-state index in [0.717, 1.165) is 28.2 Å². The van der Waals surface area contributed by atoms with Crippen LogP contribution in [0.3, 0.4) is 0 Å². The first-order valence-corrected chi connectivity index (χ1v) is 6.37. The fraction of sp³-hybridized carbons (Fsp3) is 0.125. The highest BCUT2D eigenvalue weighted by Crippen LogP contribution is 2.23. The van der Waals surface area contributed by atoms with Gasteiger partial charge in [0.05, 0.1) is 19.2 Å². The number of carbonyl (C=O) groups is 1. The highest BCUT2D eigenvalue weighted by atomic mass is 16.5.